The van der Waals surface area contributed by atoms with Crippen molar-refractivity contribution in [3.63, 3.8) is 0 Å². The molecule has 2 atom stereocenters. The molecule has 0 heterocycles. The van der Waals surface area contributed by atoms with Gasteiger partial charge < -0.3 is 10.5 Å². The van der Waals surface area contributed by atoms with E-state index in [2.05, 4.69) is 0 Å². The van der Waals surface area contributed by atoms with Gasteiger partial charge in [-0.1, -0.05) is 6.92 Å². The van der Waals surface area contributed by atoms with E-state index in [-0.39, 0.29) is 18.1 Å². The predicted octanol–water partition coefficient (Wildman–Crippen LogP) is 0.0392. The smallest absolute Gasteiger partial charge is 0.305 e. The van der Waals surface area contributed by atoms with E-state index >= 15 is 0 Å². The second-order valence-electron chi connectivity index (χ2n) is 2.28. The molecular weight excluding hydrogens is 118 g/mol. The first kappa shape index (κ1) is 6.55. The van der Waals surface area contributed by atoms with E-state index < -0.39 is 0 Å². The lowest BCUT2D eigenvalue weighted by atomic mass is 10.5. The molecular formula is C6H11NO2. The summed E-state index contributed by atoms with van der Waals surface area (Å²) in [7, 11) is 0. The molecule has 0 aliphatic heterocycles. The summed E-state index contributed by atoms with van der Waals surface area (Å²) in [4.78, 5) is 10.5. The number of hydrogen-bond donors (Lipinski definition) is 1. The Morgan fingerprint density at radius 1 is 1.89 bits per heavy atom. The summed E-state index contributed by atoms with van der Waals surface area (Å²) in [5, 5.41) is 0. The minimum absolute atomic E-state index is 0.0254. The molecule has 0 aromatic carbocycles. The second-order valence-corrected chi connectivity index (χ2v) is 2.28. The lowest BCUT2D eigenvalue weighted by molar-refractivity contribution is -0.144. The van der Waals surface area contributed by atoms with Crippen LogP contribution in [0, 0.1) is 0 Å². The average Bonchev–Trinajstić information content (AvgIpc) is 2.47. The zero-order valence-corrected chi connectivity index (χ0v) is 5.46. The molecule has 3 nitrogen and oxygen atoms in total. The molecule has 0 aromatic rings. The van der Waals surface area contributed by atoms with Gasteiger partial charge in [-0.2, -0.15) is 0 Å². The maximum Gasteiger partial charge on any atom is 0.305 e. The number of nitrogens with two attached hydrogens (primary N) is 1. The molecule has 1 aliphatic carbocycles. The normalized spacial score (nSPS) is 31.8. The molecule has 3 heteroatoms. The highest BCUT2D eigenvalue weighted by molar-refractivity contribution is 5.69. The van der Waals surface area contributed by atoms with Gasteiger partial charge in [0.1, 0.15) is 6.10 Å². The van der Waals surface area contributed by atoms with Crippen molar-refractivity contribution in [2.24, 2.45) is 5.73 Å². The third-order valence-electron chi connectivity index (χ3n) is 1.35. The molecule has 0 spiro atoms. The van der Waals surface area contributed by atoms with Crippen LogP contribution in [0.15, 0.2) is 0 Å². The van der Waals surface area contributed by atoms with Crippen LogP contribution in [-0.2, 0) is 9.53 Å². The van der Waals surface area contributed by atoms with Gasteiger partial charge in [0, 0.05) is 18.9 Å². The first-order valence-corrected chi connectivity index (χ1v) is 3.19. The molecule has 1 saturated carbocycles. The third-order valence-corrected chi connectivity index (χ3v) is 1.35. The van der Waals surface area contributed by atoms with Gasteiger partial charge in [-0.15, -0.1) is 0 Å². The summed E-state index contributed by atoms with van der Waals surface area (Å²) < 4.78 is 4.86. The SMILES string of the molecule is CCC(=O)OC1CC1N. The molecule has 1 aliphatic rings. The fourth-order valence-electron chi connectivity index (χ4n) is 0.577. The summed E-state index contributed by atoms with van der Waals surface area (Å²) in [6, 6.07) is 0.112. The standard InChI is InChI=1S/C6H11NO2/c1-2-6(8)9-5-3-4(5)7/h4-5H,2-3,7H2,1H3. The van der Waals surface area contributed by atoms with Crippen LogP contribution in [0.2, 0.25) is 0 Å². The van der Waals surface area contributed by atoms with Crippen LogP contribution < -0.4 is 5.73 Å². The Morgan fingerprint density at radius 2 is 2.44 bits per heavy atom. The molecule has 0 aromatic heterocycles. The molecule has 0 radical (unpaired) electrons. The van der Waals surface area contributed by atoms with Gasteiger partial charge in [-0.3, -0.25) is 4.79 Å². The average molecular weight is 129 g/mol. The highest BCUT2D eigenvalue weighted by Gasteiger charge is 2.36. The lowest BCUT2D eigenvalue weighted by Gasteiger charge is -1.97. The van der Waals surface area contributed by atoms with E-state index in [0.29, 0.717) is 6.42 Å². The fourth-order valence-corrected chi connectivity index (χ4v) is 0.577. The molecule has 0 bridgehead atoms. The first-order chi connectivity index (χ1) is 4.24. The summed E-state index contributed by atoms with van der Waals surface area (Å²) in [5.41, 5.74) is 5.39. The molecule has 52 valence electrons. The molecule has 1 rings (SSSR count). The Labute approximate surface area is 54.2 Å². The molecule has 2 N–H and O–H groups in total. The van der Waals surface area contributed by atoms with Gasteiger partial charge in [0.2, 0.25) is 0 Å². The molecule has 0 amide bonds. The number of hydrogen-bond acceptors (Lipinski definition) is 3. The van der Waals surface area contributed by atoms with E-state index in [1.54, 1.807) is 6.92 Å². The number of ether oxygens (including phenoxy) is 1. The predicted molar refractivity (Wildman–Crippen MR) is 32.8 cm³/mol. The number of rotatable bonds is 2. The molecule has 0 saturated heterocycles. The Kier molecular flexibility index (Phi) is 1.71. The maximum atomic E-state index is 10.5. The van der Waals surface area contributed by atoms with Gasteiger partial charge >= 0.3 is 5.97 Å². The monoisotopic (exact) mass is 129 g/mol. The first-order valence-electron chi connectivity index (χ1n) is 3.19. The van der Waals surface area contributed by atoms with Gasteiger partial charge in [0.25, 0.3) is 0 Å². The van der Waals surface area contributed by atoms with Crippen LogP contribution in [0.4, 0.5) is 0 Å². The van der Waals surface area contributed by atoms with Crippen LogP contribution in [0.1, 0.15) is 19.8 Å². The number of carbonyl (C=O) groups excluding carboxylic acids is 1. The summed E-state index contributed by atoms with van der Waals surface area (Å²) in [6.45, 7) is 1.77. The van der Waals surface area contributed by atoms with E-state index in [0.717, 1.165) is 6.42 Å². The van der Waals surface area contributed by atoms with Crippen LogP contribution in [-0.4, -0.2) is 18.1 Å². The van der Waals surface area contributed by atoms with Crippen molar-refractivity contribution in [2.75, 3.05) is 0 Å². The lowest BCUT2D eigenvalue weighted by Crippen LogP contribution is -2.12. The highest BCUT2D eigenvalue weighted by atomic mass is 16.5. The largest absolute Gasteiger partial charge is 0.461 e. The Hall–Kier alpha value is -0.570. The van der Waals surface area contributed by atoms with Gasteiger partial charge in [-0.05, 0) is 0 Å². The molecule has 9 heavy (non-hydrogen) atoms. The second kappa shape index (κ2) is 2.35. The minimum Gasteiger partial charge on any atom is -0.461 e. The topological polar surface area (TPSA) is 52.3 Å². The Bertz CT molecular complexity index is 124. The van der Waals surface area contributed by atoms with Crippen LogP contribution in [0.5, 0.6) is 0 Å². The third kappa shape index (κ3) is 1.68. The van der Waals surface area contributed by atoms with E-state index in [9.17, 15) is 4.79 Å². The zero-order chi connectivity index (χ0) is 6.85. The summed E-state index contributed by atoms with van der Waals surface area (Å²) in [6.07, 6.45) is 1.31. The van der Waals surface area contributed by atoms with Crippen molar-refractivity contribution < 1.29 is 9.53 Å². The van der Waals surface area contributed by atoms with Crippen LogP contribution in [0.25, 0.3) is 0 Å². The quantitative estimate of drug-likeness (QED) is 0.535. The van der Waals surface area contributed by atoms with Crippen molar-refractivity contribution in [2.45, 2.75) is 31.9 Å². The molecule has 1 fully saturated rings. The highest BCUT2D eigenvalue weighted by Crippen LogP contribution is 2.22. The maximum absolute atomic E-state index is 10.5. The minimum atomic E-state index is -0.145. The van der Waals surface area contributed by atoms with E-state index in [1.807, 2.05) is 0 Å². The number of esters is 1. The molecule has 2 unspecified atom stereocenters. The number of carbonyl (C=O) groups is 1. The van der Waals surface area contributed by atoms with Gasteiger partial charge in [0.15, 0.2) is 0 Å². The fraction of sp³-hybridized carbons (Fsp3) is 0.833. The van der Waals surface area contributed by atoms with Crippen molar-refractivity contribution in [3.05, 3.63) is 0 Å². The zero-order valence-electron chi connectivity index (χ0n) is 5.46. The van der Waals surface area contributed by atoms with Crippen molar-refractivity contribution in [1.29, 1.82) is 0 Å². The van der Waals surface area contributed by atoms with Crippen LogP contribution >= 0.6 is 0 Å². The summed E-state index contributed by atoms with van der Waals surface area (Å²) >= 11 is 0. The van der Waals surface area contributed by atoms with Crippen molar-refractivity contribution in [1.82, 2.24) is 0 Å². The Morgan fingerprint density at radius 3 is 2.78 bits per heavy atom. The van der Waals surface area contributed by atoms with E-state index in [4.69, 9.17) is 10.5 Å². The van der Waals surface area contributed by atoms with Gasteiger partial charge in [0.05, 0.1) is 0 Å². The van der Waals surface area contributed by atoms with E-state index in [1.165, 1.54) is 0 Å². The summed E-state index contributed by atoms with van der Waals surface area (Å²) in [5.74, 6) is -0.145. The van der Waals surface area contributed by atoms with Crippen molar-refractivity contribution >= 4 is 5.97 Å². The van der Waals surface area contributed by atoms with Crippen LogP contribution in [0.3, 0.4) is 0 Å². The van der Waals surface area contributed by atoms with Gasteiger partial charge in [-0.25, -0.2) is 0 Å². The van der Waals surface area contributed by atoms with Crippen molar-refractivity contribution in [3.8, 4) is 0 Å². The Balaban J connectivity index is 2.12.